The third-order valence-corrected chi connectivity index (χ3v) is 8.47. The quantitative estimate of drug-likeness (QED) is 0.184. The number of thiazole rings is 2. The molecule has 3 aromatic heterocycles. The molecule has 0 fully saturated rings. The topological polar surface area (TPSA) is 121 Å². The number of anilines is 2. The van der Waals surface area contributed by atoms with Crippen molar-refractivity contribution in [2.45, 2.75) is 0 Å². The molecule has 0 aliphatic rings. The van der Waals surface area contributed by atoms with E-state index in [0.29, 0.717) is 54.4 Å². The van der Waals surface area contributed by atoms with E-state index >= 15 is 0 Å². The molecule has 0 radical (unpaired) electrons. The number of rotatable bonds is 10. The maximum Gasteiger partial charge on any atom is 0.267 e. The SMILES string of the molecule is COc1ccc(OC)c(-c2csc(NC(=O)c3ccc(C(=O)Nc4nc(-c5cc(OC)ccc5OC)cs4)s3)n2)c1. The predicted octanol–water partition coefficient (Wildman–Crippen LogP) is 6.53. The zero-order chi connectivity index (χ0) is 28.9. The van der Waals surface area contributed by atoms with Crippen molar-refractivity contribution in [2.24, 2.45) is 0 Å². The molecule has 2 aromatic carbocycles. The fourth-order valence-electron chi connectivity index (χ4n) is 3.84. The van der Waals surface area contributed by atoms with Crippen LogP contribution in [0.2, 0.25) is 0 Å². The van der Waals surface area contributed by atoms with Crippen LogP contribution in [-0.2, 0) is 0 Å². The summed E-state index contributed by atoms with van der Waals surface area (Å²) in [5, 5.41) is 10.1. The van der Waals surface area contributed by atoms with Gasteiger partial charge in [-0.25, -0.2) is 9.97 Å². The lowest BCUT2D eigenvalue weighted by Gasteiger charge is -2.08. The van der Waals surface area contributed by atoms with Gasteiger partial charge in [-0.15, -0.1) is 34.0 Å². The van der Waals surface area contributed by atoms with Crippen molar-refractivity contribution < 1.29 is 28.5 Å². The average Bonchev–Trinajstić information content (AvgIpc) is 3.78. The second-order valence-corrected chi connectivity index (χ2v) is 11.1. The number of hydrogen-bond donors (Lipinski definition) is 2. The molecule has 0 unspecified atom stereocenters. The summed E-state index contributed by atoms with van der Waals surface area (Å²) in [6.45, 7) is 0. The molecular weight excluding hydrogens is 585 g/mol. The first kappa shape index (κ1) is 28.1. The van der Waals surface area contributed by atoms with Crippen molar-refractivity contribution in [3.8, 4) is 45.5 Å². The van der Waals surface area contributed by atoms with Gasteiger partial charge >= 0.3 is 0 Å². The summed E-state index contributed by atoms with van der Waals surface area (Å²) in [5.41, 5.74) is 2.77. The number of aromatic nitrogens is 2. The number of ether oxygens (including phenoxy) is 4. The third kappa shape index (κ3) is 6.16. The standard InChI is InChI=1S/C28H24N4O6S3/c1-35-15-5-7-21(37-3)17(11-15)19-13-39-27(29-19)31-25(33)23-9-10-24(41-23)26(34)32-28-30-20(14-40-28)18-12-16(36-2)6-8-22(18)38-4/h5-14H,1-4H3,(H,29,31,33)(H,30,32,34). The van der Waals surface area contributed by atoms with E-state index in [0.717, 1.165) is 22.5 Å². The van der Waals surface area contributed by atoms with Crippen molar-refractivity contribution in [1.82, 2.24) is 9.97 Å². The monoisotopic (exact) mass is 608 g/mol. The summed E-state index contributed by atoms with van der Waals surface area (Å²) in [5.74, 6) is 1.87. The Balaban J connectivity index is 1.25. The van der Waals surface area contributed by atoms with E-state index in [1.54, 1.807) is 64.8 Å². The van der Waals surface area contributed by atoms with Gasteiger partial charge < -0.3 is 18.9 Å². The van der Waals surface area contributed by atoms with E-state index in [1.807, 2.05) is 22.9 Å². The van der Waals surface area contributed by atoms with Crippen molar-refractivity contribution >= 4 is 56.1 Å². The van der Waals surface area contributed by atoms with Gasteiger partial charge in [0.25, 0.3) is 11.8 Å². The number of carbonyl (C=O) groups is 2. The van der Waals surface area contributed by atoms with E-state index in [9.17, 15) is 9.59 Å². The molecule has 0 aliphatic heterocycles. The largest absolute Gasteiger partial charge is 0.497 e. The number of hydrogen-bond acceptors (Lipinski definition) is 11. The first-order valence-corrected chi connectivity index (χ1v) is 14.6. The molecule has 0 bridgehead atoms. The molecule has 13 heteroatoms. The molecule has 3 heterocycles. The van der Waals surface area contributed by atoms with Gasteiger partial charge in [0.1, 0.15) is 23.0 Å². The Labute approximate surface area is 247 Å². The molecule has 0 saturated carbocycles. The van der Waals surface area contributed by atoms with E-state index in [-0.39, 0.29) is 11.8 Å². The number of nitrogens with zero attached hydrogens (tertiary/aromatic N) is 2. The second-order valence-electron chi connectivity index (χ2n) is 8.28. The molecular formula is C28H24N4O6S3. The van der Waals surface area contributed by atoms with Crippen molar-refractivity contribution in [3.05, 3.63) is 69.0 Å². The normalized spacial score (nSPS) is 10.6. The minimum absolute atomic E-state index is 0.366. The Bertz CT molecular complexity index is 1590. The summed E-state index contributed by atoms with van der Waals surface area (Å²) in [7, 11) is 6.33. The summed E-state index contributed by atoms with van der Waals surface area (Å²) < 4.78 is 21.5. The number of methoxy groups -OCH3 is 4. The summed E-state index contributed by atoms with van der Waals surface area (Å²) in [4.78, 5) is 35.6. The fourth-order valence-corrected chi connectivity index (χ4v) is 6.05. The van der Waals surface area contributed by atoms with Crippen LogP contribution in [0.1, 0.15) is 19.3 Å². The van der Waals surface area contributed by atoms with E-state index in [4.69, 9.17) is 18.9 Å². The van der Waals surface area contributed by atoms with Gasteiger partial charge in [-0.3, -0.25) is 20.2 Å². The van der Waals surface area contributed by atoms with Crippen LogP contribution in [0.25, 0.3) is 22.5 Å². The van der Waals surface area contributed by atoms with Crippen LogP contribution in [0.15, 0.2) is 59.3 Å². The summed E-state index contributed by atoms with van der Waals surface area (Å²) >= 11 is 3.64. The van der Waals surface area contributed by atoms with Crippen LogP contribution in [0.3, 0.4) is 0 Å². The number of nitrogens with one attached hydrogen (secondary N) is 2. The molecule has 5 rings (SSSR count). The van der Waals surface area contributed by atoms with Crippen LogP contribution in [-0.4, -0.2) is 50.2 Å². The lowest BCUT2D eigenvalue weighted by molar-refractivity contribution is 0.102. The molecule has 210 valence electrons. The van der Waals surface area contributed by atoms with E-state index in [2.05, 4.69) is 20.6 Å². The van der Waals surface area contributed by atoms with Crippen LogP contribution in [0.4, 0.5) is 10.3 Å². The van der Waals surface area contributed by atoms with E-state index in [1.165, 1.54) is 22.7 Å². The van der Waals surface area contributed by atoms with Gasteiger partial charge in [-0.05, 0) is 48.5 Å². The highest BCUT2D eigenvalue weighted by molar-refractivity contribution is 7.17. The molecule has 0 spiro atoms. The second kappa shape index (κ2) is 12.4. The van der Waals surface area contributed by atoms with Gasteiger partial charge in [0.15, 0.2) is 10.3 Å². The smallest absolute Gasteiger partial charge is 0.267 e. The van der Waals surface area contributed by atoms with Crippen molar-refractivity contribution in [2.75, 3.05) is 39.1 Å². The molecule has 41 heavy (non-hydrogen) atoms. The molecule has 5 aromatic rings. The average molecular weight is 609 g/mol. The van der Waals surface area contributed by atoms with E-state index < -0.39 is 0 Å². The predicted molar refractivity (Wildman–Crippen MR) is 162 cm³/mol. The van der Waals surface area contributed by atoms with Gasteiger partial charge in [0.05, 0.1) is 49.6 Å². The third-order valence-electron chi connectivity index (χ3n) is 5.87. The maximum absolute atomic E-state index is 12.9. The first-order chi connectivity index (χ1) is 19.9. The zero-order valence-corrected chi connectivity index (χ0v) is 24.8. The van der Waals surface area contributed by atoms with Crippen LogP contribution in [0.5, 0.6) is 23.0 Å². The van der Waals surface area contributed by atoms with Crippen LogP contribution >= 0.6 is 34.0 Å². The molecule has 2 amide bonds. The lowest BCUT2D eigenvalue weighted by atomic mass is 10.1. The Hall–Kier alpha value is -4.46. The zero-order valence-electron chi connectivity index (χ0n) is 22.3. The lowest BCUT2D eigenvalue weighted by Crippen LogP contribution is -2.11. The minimum Gasteiger partial charge on any atom is -0.497 e. The molecule has 0 saturated heterocycles. The fraction of sp³-hybridized carbons (Fsp3) is 0.143. The Morgan fingerprint density at radius 3 is 1.46 bits per heavy atom. The molecule has 10 nitrogen and oxygen atoms in total. The first-order valence-electron chi connectivity index (χ1n) is 12.0. The Morgan fingerprint density at radius 2 is 1.07 bits per heavy atom. The number of amides is 2. The van der Waals surface area contributed by atoms with Gasteiger partial charge in [0, 0.05) is 21.9 Å². The Kier molecular flexibility index (Phi) is 8.47. The minimum atomic E-state index is -0.366. The maximum atomic E-state index is 12.9. The van der Waals surface area contributed by atoms with Crippen LogP contribution in [0, 0.1) is 0 Å². The highest BCUT2D eigenvalue weighted by Gasteiger charge is 2.18. The summed E-state index contributed by atoms with van der Waals surface area (Å²) in [6.07, 6.45) is 0. The highest BCUT2D eigenvalue weighted by atomic mass is 32.1. The van der Waals surface area contributed by atoms with Gasteiger partial charge in [-0.1, -0.05) is 0 Å². The van der Waals surface area contributed by atoms with Gasteiger partial charge in [-0.2, -0.15) is 0 Å². The number of carbonyl (C=O) groups excluding carboxylic acids is 2. The molecule has 0 atom stereocenters. The van der Waals surface area contributed by atoms with Gasteiger partial charge in [0.2, 0.25) is 0 Å². The number of thiophene rings is 1. The van der Waals surface area contributed by atoms with Crippen molar-refractivity contribution in [3.63, 3.8) is 0 Å². The molecule has 2 N–H and O–H groups in total. The summed E-state index contributed by atoms with van der Waals surface area (Å²) in [6, 6.07) is 14.0. The molecule has 0 aliphatic carbocycles. The Morgan fingerprint density at radius 1 is 0.634 bits per heavy atom. The van der Waals surface area contributed by atoms with Crippen LogP contribution < -0.4 is 29.6 Å². The highest BCUT2D eigenvalue weighted by Crippen LogP contribution is 2.36. The number of benzene rings is 2. The van der Waals surface area contributed by atoms with Crippen molar-refractivity contribution in [1.29, 1.82) is 0 Å².